The number of aldehydes is 1. The summed E-state index contributed by atoms with van der Waals surface area (Å²) in [6, 6.07) is 6.69. The van der Waals surface area contributed by atoms with Gasteiger partial charge >= 0.3 is 5.97 Å². The summed E-state index contributed by atoms with van der Waals surface area (Å²) in [7, 11) is 0. The standard InChI is InChI=1S/C21H24O5/c22-11-17-3-1-2-4-18(17)25-13-20(24)26-12-19(23)21-8-14-5-15(9-21)7-16(6-14)10-21/h1-4,11,14-16H,5-10,12-13H2. The van der Waals surface area contributed by atoms with E-state index in [2.05, 4.69) is 0 Å². The van der Waals surface area contributed by atoms with Crippen molar-refractivity contribution in [3.8, 4) is 5.75 Å². The van der Waals surface area contributed by atoms with Crippen LogP contribution in [0.3, 0.4) is 0 Å². The Morgan fingerprint density at radius 1 is 1.00 bits per heavy atom. The van der Waals surface area contributed by atoms with Gasteiger partial charge in [0, 0.05) is 5.41 Å². The zero-order valence-corrected chi connectivity index (χ0v) is 14.8. The number of esters is 1. The van der Waals surface area contributed by atoms with Crippen molar-refractivity contribution in [3.05, 3.63) is 29.8 Å². The summed E-state index contributed by atoms with van der Waals surface area (Å²) in [6.45, 7) is -0.470. The molecule has 0 unspecified atom stereocenters. The first-order valence-corrected chi connectivity index (χ1v) is 9.44. The lowest BCUT2D eigenvalue weighted by Crippen LogP contribution is -2.51. The number of hydrogen-bond donors (Lipinski definition) is 0. The maximum Gasteiger partial charge on any atom is 0.344 e. The van der Waals surface area contributed by atoms with Crippen LogP contribution in [-0.2, 0) is 14.3 Å². The fourth-order valence-corrected chi connectivity index (χ4v) is 5.64. The van der Waals surface area contributed by atoms with Crippen LogP contribution in [0.2, 0.25) is 0 Å². The highest BCUT2D eigenvalue weighted by Crippen LogP contribution is 2.60. The number of para-hydroxylation sites is 1. The number of ether oxygens (including phenoxy) is 2. The molecule has 138 valence electrons. The number of rotatable bonds is 7. The number of carbonyl (C=O) groups excluding carboxylic acids is 3. The molecule has 0 spiro atoms. The van der Waals surface area contributed by atoms with Crippen LogP contribution in [0.15, 0.2) is 24.3 Å². The average Bonchev–Trinajstić information content (AvgIpc) is 2.63. The van der Waals surface area contributed by atoms with E-state index in [1.165, 1.54) is 19.3 Å². The molecule has 0 aliphatic heterocycles. The molecule has 0 atom stereocenters. The Labute approximate surface area is 153 Å². The van der Waals surface area contributed by atoms with Crippen molar-refractivity contribution in [2.45, 2.75) is 38.5 Å². The minimum absolute atomic E-state index is 0.0817. The molecule has 26 heavy (non-hydrogen) atoms. The number of carbonyl (C=O) groups is 3. The molecule has 1 aromatic carbocycles. The van der Waals surface area contributed by atoms with Crippen LogP contribution in [0.5, 0.6) is 5.75 Å². The van der Waals surface area contributed by atoms with Crippen LogP contribution in [-0.4, -0.2) is 31.3 Å². The lowest BCUT2D eigenvalue weighted by atomic mass is 9.48. The molecule has 4 fully saturated rings. The van der Waals surface area contributed by atoms with Crippen LogP contribution in [0.4, 0.5) is 0 Å². The van der Waals surface area contributed by atoms with E-state index in [9.17, 15) is 14.4 Å². The van der Waals surface area contributed by atoms with Crippen LogP contribution in [0, 0.1) is 23.2 Å². The Morgan fingerprint density at radius 3 is 2.23 bits per heavy atom. The van der Waals surface area contributed by atoms with Gasteiger partial charge in [-0.2, -0.15) is 0 Å². The molecule has 5 rings (SSSR count). The SMILES string of the molecule is O=Cc1ccccc1OCC(=O)OCC(=O)C12CC3CC(CC(C3)C1)C2. The number of ketones is 1. The molecular weight excluding hydrogens is 332 g/mol. The Kier molecular flexibility index (Phi) is 4.55. The lowest BCUT2D eigenvalue weighted by Gasteiger charge is -2.55. The minimum atomic E-state index is -0.580. The van der Waals surface area contributed by atoms with E-state index in [0.717, 1.165) is 19.3 Å². The van der Waals surface area contributed by atoms with Gasteiger partial charge in [0.15, 0.2) is 25.3 Å². The van der Waals surface area contributed by atoms with E-state index in [0.29, 0.717) is 35.4 Å². The maximum atomic E-state index is 12.8. The second-order valence-electron chi connectivity index (χ2n) is 8.23. The summed E-state index contributed by atoms with van der Waals surface area (Å²) in [5, 5.41) is 0. The van der Waals surface area contributed by atoms with Crippen molar-refractivity contribution in [1.82, 2.24) is 0 Å². The summed E-state index contributed by atoms with van der Waals surface area (Å²) < 4.78 is 10.5. The van der Waals surface area contributed by atoms with Crippen molar-refractivity contribution in [2.24, 2.45) is 23.2 Å². The maximum absolute atomic E-state index is 12.8. The van der Waals surface area contributed by atoms with Crippen molar-refractivity contribution in [3.63, 3.8) is 0 Å². The highest BCUT2D eigenvalue weighted by atomic mass is 16.6. The molecule has 0 amide bonds. The van der Waals surface area contributed by atoms with E-state index in [4.69, 9.17) is 9.47 Å². The van der Waals surface area contributed by atoms with Crippen molar-refractivity contribution < 1.29 is 23.9 Å². The minimum Gasteiger partial charge on any atom is -0.481 e. The van der Waals surface area contributed by atoms with E-state index < -0.39 is 5.97 Å². The molecule has 0 saturated heterocycles. The first-order valence-electron chi connectivity index (χ1n) is 9.44. The van der Waals surface area contributed by atoms with E-state index in [1.807, 2.05) is 0 Å². The van der Waals surface area contributed by atoms with Gasteiger partial charge in [-0.1, -0.05) is 12.1 Å². The first-order chi connectivity index (χ1) is 12.6. The number of benzene rings is 1. The summed E-state index contributed by atoms with van der Waals surface area (Å²) in [5.41, 5.74) is 0.130. The Bertz CT molecular complexity index is 688. The van der Waals surface area contributed by atoms with Crippen molar-refractivity contribution in [1.29, 1.82) is 0 Å². The van der Waals surface area contributed by atoms with Crippen molar-refractivity contribution in [2.75, 3.05) is 13.2 Å². The summed E-state index contributed by atoms with van der Waals surface area (Å²) >= 11 is 0. The van der Waals surface area contributed by atoms with Gasteiger partial charge in [0.2, 0.25) is 0 Å². The predicted octanol–water partition coefficient (Wildman–Crippen LogP) is 3.21. The fourth-order valence-electron chi connectivity index (χ4n) is 5.64. The first kappa shape index (κ1) is 17.3. The normalized spacial score (nSPS) is 31.5. The van der Waals surface area contributed by atoms with E-state index in [1.54, 1.807) is 24.3 Å². The van der Waals surface area contributed by atoms with Gasteiger partial charge in [-0.05, 0) is 68.4 Å². The summed E-state index contributed by atoms with van der Waals surface area (Å²) in [5.74, 6) is 1.89. The van der Waals surface area contributed by atoms with Gasteiger partial charge < -0.3 is 9.47 Å². The van der Waals surface area contributed by atoms with Crippen LogP contribution < -0.4 is 4.74 Å². The topological polar surface area (TPSA) is 69.7 Å². The molecule has 0 radical (unpaired) electrons. The highest BCUT2D eigenvalue weighted by Gasteiger charge is 2.54. The highest BCUT2D eigenvalue weighted by molar-refractivity contribution is 5.88. The molecule has 0 aromatic heterocycles. The van der Waals surface area contributed by atoms with Gasteiger partial charge in [0.05, 0.1) is 5.56 Å². The second-order valence-corrected chi connectivity index (χ2v) is 8.23. The molecule has 4 aliphatic rings. The third kappa shape index (κ3) is 3.27. The monoisotopic (exact) mass is 356 g/mol. The van der Waals surface area contributed by atoms with Crippen LogP contribution in [0.25, 0.3) is 0 Å². The van der Waals surface area contributed by atoms with Gasteiger partial charge in [-0.15, -0.1) is 0 Å². The lowest BCUT2D eigenvalue weighted by molar-refractivity contribution is -0.158. The molecule has 4 aliphatic carbocycles. The van der Waals surface area contributed by atoms with E-state index >= 15 is 0 Å². The molecule has 4 bridgehead atoms. The predicted molar refractivity (Wildman–Crippen MR) is 93.9 cm³/mol. The van der Waals surface area contributed by atoms with Crippen LogP contribution in [0.1, 0.15) is 48.9 Å². The molecule has 5 heteroatoms. The zero-order valence-electron chi connectivity index (χ0n) is 14.8. The fraction of sp³-hybridized carbons (Fsp3) is 0.571. The third-order valence-electron chi connectivity index (χ3n) is 6.39. The molecule has 0 N–H and O–H groups in total. The van der Waals surface area contributed by atoms with Gasteiger partial charge in [0.25, 0.3) is 0 Å². The second kappa shape index (κ2) is 6.86. The Morgan fingerprint density at radius 2 is 1.62 bits per heavy atom. The third-order valence-corrected chi connectivity index (χ3v) is 6.39. The van der Waals surface area contributed by atoms with Gasteiger partial charge in [0.1, 0.15) is 5.75 Å². The van der Waals surface area contributed by atoms with E-state index in [-0.39, 0.29) is 24.4 Å². The number of hydrogen-bond acceptors (Lipinski definition) is 5. The molecule has 5 nitrogen and oxygen atoms in total. The van der Waals surface area contributed by atoms with Crippen molar-refractivity contribution >= 4 is 18.0 Å². The van der Waals surface area contributed by atoms with Crippen LogP contribution >= 0.6 is 0 Å². The zero-order chi connectivity index (χ0) is 18.1. The quantitative estimate of drug-likeness (QED) is 0.554. The summed E-state index contributed by atoms with van der Waals surface area (Å²) in [4.78, 5) is 35.7. The smallest absolute Gasteiger partial charge is 0.344 e. The molecule has 1 aromatic rings. The molecule has 4 saturated carbocycles. The largest absolute Gasteiger partial charge is 0.481 e. The molecular formula is C21H24O5. The average molecular weight is 356 g/mol. The summed E-state index contributed by atoms with van der Waals surface area (Å²) in [6.07, 6.45) is 7.41. The Balaban J connectivity index is 1.29. The Hall–Kier alpha value is -2.17. The molecule has 0 heterocycles. The van der Waals surface area contributed by atoms with Gasteiger partial charge in [-0.25, -0.2) is 4.79 Å². The van der Waals surface area contributed by atoms with Gasteiger partial charge in [-0.3, -0.25) is 9.59 Å². The number of Topliss-reactive ketones (excluding diaryl/α,β-unsaturated/α-hetero) is 1.